The number of amides is 4. The number of pyridine rings is 2. The minimum atomic E-state index is -1.20. The second kappa shape index (κ2) is 12.4. The number of aromatic nitrogens is 2. The Labute approximate surface area is 201 Å². The number of anilines is 1. The number of carbonyl (C=O) groups excluding carboxylic acids is 3. The van der Waals surface area contributed by atoms with Crippen molar-refractivity contribution >= 4 is 29.5 Å². The summed E-state index contributed by atoms with van der Waals surface area (Å²) in [6.07, 6.45) is 6.39. The Morgan fingerprint density at radius 3 is 2.40 bits per heavy atom. The van der Waals surface area contributed by atoms with Crippen molar-refractivity contribution < 1.29 is 24.3 Å². The molecular weight excluding hydrogens is 452 g/mol. The number of hydrogen-bond donors (Lipinski definition) is 5. The molecule has 3 rings (SSSR count). The summed E-state index contributed by atoms with van der Waals surface area (Å²) < 4.78 is 0. The van der Waals surface area contributed by atoms with E-state index in [-0.39, 0.29) is 12.0 Å². The number of carboxylic acids is 1. The van der Waals surface area contributed by atoms with E-state index >= 15 is 0 Å². The molecule has 5 N–H and O–H groups in total. The molecule has 3 aromatic rings. The Morgan fingerprint density at radius 2 is 1.69 bits per heavy atom. The summed E-state index contributed by atoms with van der Waals surface area (Å²) in [4.78, 5) is 56.1. The van der Waals surface area contributed by atoms with Crippen LogP contribution in [-0.4, -0.2) is 51.5 Å². The van der Waals surface area contributed by atoms with Crippen LogP contribution in [0.5, 0.6) is 0 Å². The van der Waals surface area contributed by atoms with E-state index < -0.39 is 36.4 Å². The third-order valence-electron chi connectivity index (χ3n) is 4.79. The zero-order valence-corrected chi connectivity index (χ0v) is 18.6. The average molecular weight is 476 g/mol. The van der Waals surface area contributed by atoms with Gasteiger partial charge in [0.1, 0.15) is 6.04 Å². The highest BCUT2D eigenvalue weighted by molar-refractivity contribution is 5.98. The number of carbonyl (C=O) groups is 4. The largest absolute Gasteiger partial charge is 0.480 e. The maximum Gasteiger partial charge on any atom is 0.326 e. The molecule has 1 atom stereocenters. The van der Waals surface area contributed by atoms with Gasteiger partial charge in [-0.05, 0) is 47.5 Å². The molecule has 2 heterocycles. The van der Waals surface area contributed by atoms with Gasteiger partial charge in [-0.1, -0.05) is 12.1 Å². The molecule has 1 aromatic carbocycles. The van der Waals surface area contributed by atoms with Crippen molar-refractivity contribution in [3.05, 3.63) is 90.0 Å². The van der Waals surface area contributed by atoms with Crippen LogP contribution in [0.2, 0.25) is 0 Å². The first kappa shape index (κ1) is 24.8. The molecule has 35 heavy (non-hydrogen) atoms. The Kier molecular flexibility index (Phi) is 8.83. The van der Waals surface area contributed by atoms with Gasteiger partial charge >= 0.3 is 12.0 Å². The van der Waals surface area contributed by atoms with Gasteiger partial charge in [-0.25, -0.2) is 9.59 Å². The quantitative estimate of drug-likeness (QED) is 0.295. The lowest BCUT2D eigenvalue weighted by Crippen LogP contribution is -2.46. The number of urea groups is 1. The molecule has 0 bridgehead atoms. The summed E-state index contributed by atoms with van der Waals surface area (Å²) >= 11 is 0. The number of nitrogens with one attached hydrogen (secondary N) is 4. The maximum absolute atomic E-state index is 12.5. The van der Waals surface area contributed by atoms with Gasteiger partial charge in [-0.3, -0.25) is 19.6 Å². The number of aliphatic carboxylic acids is 1. The SMILES string of the molecule is O=C(CNC(=O)c1cccc(NC(=O)NCc2ccncc2)c1)NC(Cc1cccnc1)C(=O)O. The van der Waals surface area contributed by atoms with Gasteiger partial charge < -0.3 is 26.4 Å². The molecule has 4 amide bonds. The van der Waals surface area contributed by atoms with Gasteiger partial charge in [0.15, 0.2) is 0 Å². The van der Waals surface area contributed by atoms with E-state index in [1.54, 1.807) is 55.0 Å². The molecule has 0 saturated heterocycles. The summed E-state index contributed by atoms with van der Waals surface area (Å²) in [5.41, 5.74) is 2.14. The van der Waals surface area contributed by atoms with Crippen molar-refractivity contribution in [3.8, 4) is 0 Å². The molecule has 11 nitrogen and oxygen atoms in total. The minimum absolute atomic E-state index is 0.0554. The fourth-order valence-electron chi connectivity index (χ4n) is 3.06. The molecule has 0 aliphatic carbocycles. The lowest BCUT2D eigenvalue weighted by molar-refractivity contribution is -0.141. The Balaban J connectivity index is 1.48. The number of carboxylic acid groups (broad SMARTS) is 1. The van der Waals surface area contributed by atoms with Gasteiger partial charge in [-0.15, -0.1) is 0 Å². The first-order valence-electron chi connectivity index (χ1n) is 10.6. The Hall–Kier alpha value is -4.80. The molecule has 180 valence electrons. The standard InChI is InChI=1S/C24H24N6O5/c31-21(30-20(23(33)34)11-17-3-2-8-26-13-17)15-27-22(32)18-4-1-5-19(12-18)29-24(35)28-14-16-6-9-25-10-7-16/h1-10,12-13,20H,11,14-15H2,(H,27,32)(H,30,31)(H,33,34)(H2,28,29,35). The van der Waals surface area contributed by atoms with Gasteiger partial charge in [-0.2, -0.15) is 0 Å². The van der Waals surface area contributed by atoms with Gasteiger partial charge in [0.2, 0.25) is 5.91 Å². The fraction of sp³-hybridized carbons (Fsp3) is 0.167. The van der Waals surface area contributed by atoms with Crippen LogP contribution in [0.15, 0.2) is 73.3 Å². The van der Waals surface area contributed by atoms with Gasteiger partial charge in [0, 0.05) is 49.0 Å². The van der Waals surface area contributed by atoms with Crippen LogP contribution < -0.4 is 21.3 Å². The third kappa shape index (κ3) is 8.24. The molecule has 0 spiro atoms. The normalized spacial score (nSPS) is 11.1. The predicted octanol–water partition coefficient (Wildman–Crippen LogP) is 1.34. The monoisotopic (exact) mass is 476 g/mol. The molecule has 0 saturated carbocycles. The van der Waals surface area contributed by atoms with Crippen LogP contribution in [0, 0.1) is 0 Å². The van der Waals surface area contributed by atoms with E-state index in [0.717, 1.165) is 5.56 Å². The van der Waals surface area contributed by atoms with E-state index in [1.807, 2.05) is 0 Å². The van der Waals surface area contributed by atoms with Crippen molar-refractivity contribution in [2.24, 2.45) is 0 Å². The topological polar surface area (TPSA) is 162 Å². The van der Waals surface area contributed by atoms with Crippen LogP contribution in [0.1, 0.15) is 21.5 Å². The third-order valence-corrected chi connectivity index (χ3v) is 4.79. The van der Waals surface area contributed by atoms with E-state index in [4.69, 9.17) is 0 Å². The second-order valence-corrected chi connectivity index (χ2v) is 7.45. The van der Waals surface area contributed by atoms with Crippen LogP contribution in [-0.2, 0) is 22.6 Å². The Morgan fingerprint density at radius 1 is 0.886 bits per heavy atom. The highest BCUT2D eigenvalue weighted by Gasteiger charge is 2.21. The zero-order valence-electron chi connectivity index (χ0n) is 18.6. The first-order valence-corrected chi connectivity index (χ1v) is 10.6. The van der Waals surface area contributed by atoms with E-state index in [2.05, 4.69) is 31.2 Å². The van der Waals surface area contributed by atoms with Crippen LogP contribution >= 0.6 is 0 Å². The molecule has 0 aliphatic heterocycles. The van der Waals surface area contributed by atoms with Crippen molar-refractivity contribution in [2.45, 2.75) is 19.0 Å². The molecule has 0 fully saturated rings. The number of benzene rings is 1. The highest BCUT2D eigenvalue weighted by Crippen LogP contribution is 2.11. The van der Waals surface area contributed by atoms with Crippen molar-refractivity contribution in [1.82, 2.24) is 25.9 Å². The lowest BCUT2D eigenvalue weighted by atomic mass is 10.1. The summed E-state index contributed by atoms with van der Waals surface area (Å²) in [6.45, 7) is -0.110. The molecule has 2 aromatic heterocycles. The van der Waals surface area contributed by atoms with E-state index in [9.17, 15) is 24.3 Å². The van der Waals surface area contributed by atoms with Gasteiger partial charge in [0.25, 0.3) is 5.91 Å². The second-order valence-electron chi connectivity index (χ2n) is 7.45. The summed E-state index contributed by atoms with van der Waals surface area (Å²) in [6, 6.07) is 11.5. The molecule has 0 radical (unpaired) electrons. The molecule has 11 heteroatoms. The maximum atomic E-state index is 12.5. The molecule has 0 aliphatic rings. The summed E-state index contributed by atoms with van der Waals surface area (Å²) in [5.74, 6) is -2.41. The van der Waals surface area contributed by atoms with Crippen LogP contribution in [0.4, 0.5) is 10.5 Å². The predicted molar refractivity (Wildman–Crippen MR) is 126 cm³/mol. The van der Waals surface area contributed by atoms with Crippen molar-refractivity contribution in [3.63, 3.8) is 0 Å². The summed E-state index contributed by atoms with van der Waals surface area (Å²) in [7, 11) is 0. The minimum Gasteiger partial charge on any atom is -0.480 e. The van der Waals surface area contributed by atoms with Crippen molar-refractivity contribution in [1.29, 1.82) is 0 Å². The highest BCUT2D eigenvalue weighted by atomic mass is 16.4. The van der Waals surface area contributed by atoms with E-state index in [0.29, 0.717) is 17.8 Å². The number of nitrogens with zero attached hydrogens (tertiary/aromatic N) is 2. The molecule has 1 unspecified atom stereocenters. The lowest BCUT2D eigenvalue weighted by Gasteiger charge is -2.15. The first-order chi connectivity index (χ1) is 16.9. The Bertz CT molecular complexity index is 1170. The molecular formula is C24H24N6O5. The van der Waals surface area contributed by atoms with Crippen molar-refractivity contribution in [2.75, 3.05) is 11.9 Å². The van der Waals surface area contributed by atoms with Crippen LogP contribution in [0.3, 0.4) is 0 Å². The smallest absolute Gasteiger partial charge is 0.326 e. The van der Waals surface area contributed by atoms with Gasteiger partial charge in [0.05, 0.1) is 6.54 Å². The van der Waals surface area contributed by atoms with Crippen LogP contribution in [0.25, 0.3) is 0 Å². The zero-order chi connectivity index (χ0) is 25.0. The number of rotatable bonds is 10. The summed E-state index contributed by atoms with van der Waals surface area (Å²) in [5, 5.41) is 19.5. The van der Waals surface area contributed by atoms with E-state index in [1.165, 1.54) is 18.3 Å². The fourth-order valence-corrected chi connectivity index (χ4v) is 3.06. The number of hydrogen-bond acceptors (Lipinski definition) is 6. The average Bonchev–Trinajstić information content (AvgIpc) is 2.87.